The summed E-state index contributed by atoms with van der Waals surface area (Å²) < 4.78 is 0. The topological polar surface area (TPSA) is 35.5 Å². The van der Waals surface area contributed by atoms with E-state index in [0.29, 0.717) is 0 Å². The van der Waals surface area contributed by atoms with E-state index in [-0.39, 0.29) is 0 Å². The first-order chi connectivity index (χ1) is 13.2. The molecular weight excluding hydrogens is 334 g/mol. The van der Waals surface area contributed by atoms with Crippen LogP contribution >= 0.6 is 0 Å². The van der Waals surface area contributed by atoms with Gasteiger partial charge in [-0.15, -0.1) is 0 Å². The van der Waals surface area contributed by atoms with Gasteiger partial charge in [0.05, 0.1) is 0 Å². The molecule has 0 radical (unpaired) electrons. The number of anilines is 2. The van der Waals surface area contributed by atoms with Crippen molar-refractivity contribution in [3.63, 3.8) is 0 Å². The molecule has 0 saturated carbocycles. The van der Waals surface area contributed by atoms with Crippen molar-refractivity contribution in [2.24, 2.45) is 5.92 Å². The van der Waals surface area contributed by atoms with Crippen molar-refractivity contribution in [1.29, 1.82) is 0 Å². The summed E-state index contributed by atoms with van der Waals surface area (Å²) in [6, 6.07) is 12.6. The maximum absolute atomic E-state index is 4.96. The first kappa shape index (κ1) is 18.2. The number of hydrogen-bond donors (Lipinski definition) is 0. The third kappa shape index (κ3) is 4.24. The Morgan fingerprint density at radius 1 is 0.852 bits per heavy atom. The summed E-state index contributed by atoms with van der Waals surface area (Å²) in [6.45, 7) is 12.2. The van der Waals surface area contributed by atoms with Gasteiger partial charge in [0.25, 0.3) is 0 Å². The molecule has 2 saturated heterocycles. The van der Waals surface area contributed by atoms with Crippen LogP contribution in [-0.4, -0.2) is 60.7 Å². The summed E-state index contributed by atoms with van der Waals surface area (Å²) in [4.78, 5) is 17.3. The predicted molar refractivity (Wildman–Crippen MR) is 112 cm³/mol. The summed E-state index contributed by atoms with van der Waals surface area (Å²) in [5.41, 5.74) is 1.10. The second-order valence-electron chi connectivity index (χ2n) is 7.86. The SMILES string of the molecule is CCN1CCN(c2cc(N3CCC(C)CC3)nc(-c3ccccc3)n2)CC1. The van der Waals surface area contributed by atoms with Crippen molar-refractivity contribution in [3.8, 4) is 11.4 Å². The van der Waals surface area contributed by atoms with Gasteiger partial charge in [0, 0.05) is 50.9 Å². The highest BCUT2D eigenvalue weighted by Crippen LogP contribution is 2.28. The summed E-state index contributed by atoms with van der Waals surface area (Å²) in [7, 11) is 0. The van der Waals surface area contributed by atoms with Gasteiger partial charge in [-0.25, -0.2) is 9.97 Å². The molecule has 2 aliphatic heterocycles. The Balaban J connectivity index is 1.64. The predicted octanol–water partition coefficient (Wildman–Crippen LogP) is 3.52. The highest BCUT2D eigenvalue weighted by molar-refractivity contribution is 5.62. The Labute approximate surface area is 163 Å². The Kier molecular flexibility index (Phi) is 5.58. The van der Waals surface area contributed by atoms with Gasteiger partial charge in [-0.3, -0.25) is 0 Å². The van der Waals surface area contributed by atoms with Gasteiger partial charge in [-0.2, -0.15) is 0 Å². The van der Waals surface area contributed by atoms with Gasteiger partial charge in [-0.05, 0) is 25.3 Å². The molecular formula is C22H31N5. The fourth-order valence-electron chi connectivity index (χ4n) is 3.99. The lowest BCUT2D eigenvalue weighted by atomic mass is 9.99. The normalized spacial score (nSPS) is 19.5. The zero-order chi connectivity index (χ0) is 18.6. The van der Waals surface area contributed by atoms with Crippen LogP contribution in [0.15, 0.2) is 36.4 Å². The van der Waals surface area contributed by atoms with Crippen LogP contribution in [0.5, 0.6) is 0 Å². The first-order valence-electron chi connectivity index (χ1n) is 10.4. The van der Waals surface area contributed by atoms with E-state index in [0.717, 1.165) is 74.8 Å². The molecule has 2 fully saturated rings. The number of hydrogen-bond acceptors (Lipinski definition) is 5. The molecule has 0 N–H and O–H groups in total. The van der Waals surface area contributed by atoms with Crippen LogP contribution in [0.25, 0.3) is 11.4 Å². The van der Waals surface area contributed by atoms with E-state index in [9.17, 15) is 0 Å². The second-order valence-corrected chi connectivity index (χ2v) is 7.86. The summed E-state index contributed by atoms with van der Waals surface area (Å²) in [5, 5.41) is 0. The van der Waals surface area contributed by atoms with Crippen molar-refractivity contribution in [1.82, 2.24) is 14.9 Å². The summed E-state index contributed by atoms with van der Waals surface area (Å²) >= 11 is 0. The van der Waals surface area contributed by atoms with Crippen molar-refractivity contribution in [3.05, 3.63) is 36.4 Å². The molecule has 2 aliphatic rings. The van der Waals surface area contributed by atoms with Crippen molar-refractivity contribution in [2.75, 3.05) is 55.6 Å². The molecule has 2 aromatic rings. The fraction of sp³-hybridized carbons (Fsp3) is 0.545. The van der Waals surface area contributed by atoms with Gasteiger partial charge < -0.3 is 14.7 Å². The van der Waals surface area contributed by atoms with Crippen LogP contribution in [0, 0.1) is 5.92 Å². The van der Waals surface area contributed by atoms with Crippen LogP contribution < -0.4 is 9.80 Å². The van der Waals surface area contributed by atoms with E-state index in [1.165, 1.54) is 12.8 Å². The number of likely N-dealkylation sites (N-methyl/N-ethyl adjacent to an activating group) is 1. The zero-order valence-electron chi connectivity index (χ0n) is 16.6. The molecule has 0 bridgehead atoms. The first-order valence-corrected chi connectivity index (χ1v) is 10.4. The Morgan fingerprint density at radius 3 is 2.04 bits per heavy atom. The molecule has 5 nitrogen and oxygen atoms in total. The highest BCUT2D eigenvalue weighted by atomic mass is 15.3. The van der Waals surface area contributed by atoms with Gasteiger partial charge in [0.1, 0.15) is 11.6 Å². The fourth-order valence-corrected chi connectivity index (χ4v) is 3.99. The van der Waals surface area contributed by atoms with Crippen molar-refractivity contribution < 1.29 is 0 Å². The minimum Gasteiger partial charge on any atom is -0.356 e. The quantitative estimate of drug-likeness (QED) is 0.828. The van der Waals surface area contributed by atoms with E-state index in [1.54, 1.807) is 0 Å². The van der Waals surface area contributed by atoms with Crippen LogP contribution in [-0.2, 0) is 0 Å². The molecule has 5 heteroatoms. The largest absolute Gasteiger partial charge is 0.356 e. The molecule has 1 aromatic carbocycles. The number of piperazine rings is 1. The monoisotopic (exact) mass is 365 g/mol. The summed E-state index contributed by atoms with van der Waals surface area (Å²) in [5.74, 6) is 3.83. The molecule has 144 valence electrons. The molecule has 0 unspecified atom stereocenters. The molecule has 0 aliphatic carbocycles. The molecule has 0 amide bonds. The van der Waals surface area contributed by atoms with E-state index in [4.69, 9.17) is 9.97 Å². The molecule has 0 atom stereocenters. The maximum Gasteiger partial charge on any atom is 0.163 e. The standard InChI is InChI=1S/C22H31N5/c1-3-25-13-15-27(16-14-25)21-17-20(26-11-9-18(2)10-12-26)23-22(24-21)19-7-5-4-6-8-19/h4-8,17-18H,3,9-16H2,1-2H3. The lowest BCUT2D eigenvalue weighted by Gasteiger charge is -2.36. The lowest BCUT2D eigenvalue weighted by molar-refractivity contribution is 0.270. The smallest absolute Gasteiger partial charge is 0.163 e. The van der Waals surface area contributed by atoms with Gasteiger partial charge in [0.2, 0.25) is 0 Å². The van der Waals surface area contributed by atoms with E-state index < -0.39 is 0 Å². The van der Waals surface area contributed by atoms with Gasteiger partial charge in [-0.1, -0.05) is 44.2 Å². The van der Waals surface area contributed by atoms with E-state index in [1.807, 2.05) is 6.07 Å². The number of rotatable bonds is 4. The highest BCUT2D eigenvalue weighted by Gasteiger charge is 2.22. The number of piperidine rings is 1. The minimum absolute atomic E-state index is 0.818. The average molecular weight is 366 g/mol. The number of nitrogens with zero attached hydrogens (tertiary/aromatic N) is 5. The second kappa shape index (κ2) is 8.26. The Morgan fingerprint density at radius 2 is 1.44 bits per heavy atom. The maximum atomic E-state index is 4.96. The number of aromatic nitrogens is 2. The van der Waals surface area contributed by atoms with Crippen LogP contribution in [0.2, 0.25) is 0 Å². The van der Waals surface area contributed by atoms with Crippen LogP contribution in [0.3, 0.4) is 0 Å². The van der Waals surface area contributed by atoms with E-state index >= 15 is 0 Å². The van der Waals surface area contributed by atoms with Gasteiger partial charge in [0.15, 0.2) is 5.82 Å². The molecule has 1 aromatic heterocycles. The minimum atomic E-state index is 0.818. The Hall–Kier alpha value is -2.14. The zero-order valence-corrected chi connectivity index (χ0v) is 16.6. The molecule has 3 heterocycles. The molecule has 0 spiro atoms. The average Bonchev–Trinajstić information content (AvgIpc) is 2.74. The van der Waals surface area contributed by atoms with Gasteiger partial charge >= 0.3 is 0 Å². The third-order valence-corrected chi connectivity index (χ3v) is 5.98. The van der Waals surface area contributed by atoms with Crippen LogP contribution in [0.4, 0.5) is 11.6 Å². The van der Waals surface area contributed by atoms with Crippen molar-refractivity contribution >= 4 is 11.6 Å². The lowest BCUT2D eigenvalue weighted by Crippen LogP contribution is -2.46. The van der Waals surface area contributed by atoms with E-state index in [2.05, 4.69) is 58.9 Å². The van der Waals surface area contributed by atoms with Crippen molar-refractivity contribution in [2.45, 2.75) is 26.7 Å². The molecule has 4 rings (SSSR count). The Bertz CT molecular complexity index is 732. The third-order valence-electron chi connectivity index (χ3n) is 5.98. The number of benzene rings is 1. The van der Waals surface area contributed by atoms with Crippen LogP contribution in [0.1, 0.15) is 26.7 Å². The molecule has 27 heavy (non-hydrogen) atoms. The summed E-state index contributed by atoms with van der Waals surface area (Å²) in [6.07, 6.45) is 2.49.